The Hall–Kier alpha value is -0.570. The Labute approximate surface area is 102 Å². The quantitative estimate of drug-likeness (QED) is 0.830. The summed E-state index contributed by atoms with van der Waals surface area (Å²) >= 11 is 5.92. The summed E-state index contributed by atoms with van der Waals surface area (Å²) in [5.74, 6) is 0. The zero-order valence-electron chi connectivity index (χ0n) is 9.59. The third-order valence-electron chi connectivity index (χ3n) is 3.36. The zero-order chi connectivity index (χ0) is 11.6. The maximum atomic E-state index is 10.4. The maximum absolute atomic E-state index is 10.4. The first-order valence-electron chi connectivity index (χ1n) is 5.77. The number of piperidine rings is 1. The van der Waals surface area contributed by atoms with Crippen LogP contribution in [0.5, 0.6) is 0 Å². The lowest BCUT2D eigenvalue weighted by Gasteiger charge is -2.33. The third-order valence-corrected chi connectivity index (χ3v) is 3.59. The summed E-state index contributed by atoms with van der Waals surface area (Å²) in [7, 11) is 0. The van der Waals surface area contributed by atoms with Gasteiger partial charge >= 0.3 is 0 Å². The van der Waals surface area contributed by atoms with E-state index in [-0.39, 0.29) is 0 Å². The molecule has 0 aromatic heterocycles. The molecule has 1 fully saturated rings. The normalized spacial score (nSPS) is 19.7. The van der Waals surface area contributed by atoms with E-state index in [0.717, 1.165) is 37.4 Å². The van der Waals surface area contributed by atoms with Crippen molar-refractivity contribution in [2.45, 2.75) is 31.8 Å². The molecule has 1 aliphatic heterocycles. The van der Waals surface area contributed by atoms with Crippen molar-refractivity contribution < 1.29 is 5.11 Å². The highest BCUT2D eigenvalue weighted by molar-refractivity contribution is 6.30. The molecule has 2 nitrogen and oxygen atoms in total. The summed E-state index contributed by atoms with van der Waals surface area (Å²) in [5, 5.41) is 14.5. The van der Waals surface area contributed by atoms with Crippen molar-refractivity contribution in [1.82, 2.24) is 5.32 Å². The average molecular weight is 240 g/mol. The highest BCUT2D eigenvalue weighted by atomic mass is 35.5. The van der Waals surface area contributed by atoms with E-state index < -0.39 is 5.60 Å². The van der Waals surface area contributed by atoms with E-state index in [1.165, 1.54) is 11.1 Å². The van der Waals surface area contributed by atoms with Crippen LogP contribution in [0.3, 0.4) is 0 Å². The van der Waals surface area contributed by atoms with Gasteiger partial charge in [0.2, 0.25) is 0 Å². The molecule has 1 aromatic rings. The smallest absolute Gasteiger partial charge is 0.0712 e. The first kappa shape index (κ1) is 11.9. The average Bonchev–Trinajstić information content (AvgIpc) is 2.23. The Morgan fingerprint density at radius 2 is 2.06 bits per heavy atom. The second-order valence-electron chi connectivity index (χ2n) is 4.72. The van der Waals surface area contributed by atoms with Crippen molar-refractivity contribution in [3.8, 4) is 0 Å². The van der Waals surface area contributed by atoms with Gasteiger partial charge in [-0.25, -0.2) is 0 Å². The molecule has 2 N–H and O–H groups in total. The standard InChI is InChI=1S/C13H18ClNO/c1-10-8-12(14)3-2-11(10)9-13(16)4-6-15-7-5-13/h2-3,8,15-16H,4-7,9H2,1H3. The lowest BCUT2D eigenvalue weighted by atomic mass is 9.85. The van der Waals surface area contributed by atoms with Gasteiger partial charge in [-0.1, -0.05) is 17.7 Å². The summed E-state index contributed by atoms with van der Waals surface area (Å²) in [6.45, 7) is 3.86. The van der Waals surface area contributed by atoms with Gasteiger partial charge in [0.05, 0.1) is 5.60 Å². The van der Waals surface area contributed by atoms with E-state index in [0.29, 0.717) is 0 Å². The number of aryl methyl sites for hydroxylation is 1. The van der Waals surface area contributed by atoms with Gasteiger partial charge in [0.25, 0.3) is 0 Å². The van der Waals surface area contributed by atoms with Crippen LogP contribution in [0.2, 0.25) is 5.02 Å². The van der Waals surface area contributed by atoms with Gasteiger partial charge in [0.1, 0.15) is 0 Å². The van der Waals surface area contributed by atoms with Gasteiger partial charge in [-0.05, 0) is 56.1 Å². The number of hydrogen-bond donors (Lipinski definition) is 2. The first-order chi connectivity index (χ1) is 7.59. The minimum Gasteiger partial charge on any atom is -0.389 e. The molecule has 0 radical (unpaired) electrons. The van der Waals surface area contributed by atoms with Crippen LogP contribution in [0.25, 0.3) is 0 Å². The fourth-order valence-electron chi connectivity index (χ4n) is 2.28. The van der Waals surface area contributed by atoms with Gasteiger partial charge in [-0.3, -0.25) is 0 Å². The summed E-state index contributed by atoms with van der Waals surface area (Å²) in [4.78, 5) is 0. The minimum atomic E-state index is -0.538. The second kappa shape index (κ2) is 4.74. The molecule has 0 saturated carbocycles. The number of benzene rings is 1. The van der Waals surface area contributed by atoms with E-state index >= 15 is 0 Å². The van der Waals surface area contributed by atoms with Gasteiger partial charge in [0.15, 0.2) is 0 Å². The number of hydrogen-bond acceptors (Lipinski definition) is 2. The number of rotatable bonds is 2. The fourth-order valence-corrected chi connectivity index (χ4v) is 2.51. The van der Waals surface area contributed by atoms with Crippen LogP contribution in [-0.2, 0) is 6.42 Å². The van der Waals surface area contributed by atoms with Gasteiger partial charge in [-0.15, -0.1) is 0 Å². The molecule has 16 heavy (non-hydrogen) atoms. The topological polar surface area (TPSA) is 32.3 Å². The summed E-state index contributed by atoms with van der Waals surface area (Å²) in [6, 6.07) is 5.88. The molecule has 1 aromatic carbocycles. The van der Waals surface area contributed by atoms with Gasteiger partial charge < -0.3 is 10.4 Å². The van der Waals surface area contributed by atoms with Gasteiger partial charge in [-0.2, -0.15) is 0 Å². The number of halogens is 1. The van der Waals surface area contributed by atoms with Crippen LogP contribution in [0, 0.1) is 6.92 Å². The van der Waals surface area contributed by atoms with Crippen LogP contribution < -0.4 is 5.32 Å². The monoisotopic (exact) mass is 239 g/mol. The number of aliphatic hydroxyl groups is 1. The molecule has 1 heterocycles. The van der Waals surface area contributed by atoms with Crippen LogP contribution >= 0.6 is 11.6 Å². The van der Waals surface area contributed by atoms with Crippen molar-refractivity contribution in [2.24, 2.45) is 0 Å². The lowest BCUT2D eigenvalue weighted by molar-refractivity contribution is 0.0107. The molecule has 3 heteroatoms. The molecule has 0 spiro atoms. The largest absolute Gasteiger partial charge is 0.389 e. The number of nitrogens with one attached hydrogen (secondary N) is 1. The van der Waals surface area contributed by atoms with Crippen molar-refractivity contribution in [1.29, 1.82) is 0 Å². The molecule has 1 aliphatic rings. The minimum absolute atomic E-state index is 0.538. The Morgan fingerprint density at radius 1 is 1.38 bits per heavy atom. The Morgan fingerprint density at radius 3 is 2.69 bits per heavy atom. The van der Waals surface area contributed by atoms with Crippen molar-refractivity contribution in [2.75, 3.05) is 13.1 Å². The van der Waals surface area contributed by atoms with Crippen LogP contribution in [0.1, 0.15) is 24.0 Å². The van der Waals surface area contributed by atoms with Gasteiger partial charge in [0, 0.05) is 11.4 Å². The molecule has 0 bridgehead atoms. The van der Waals surface area contributed by atoms with Crippen molar-refractivity contribution in [3.63, 3.8) is 0 Å². The molecule has 0 amide bonds. The highest BCUT2D eigenvalue weighted by Crippen LogP contribution is 2.26. The second-order valence-corrected chi connectivity index (χ2v) is 5.16. The first-order valence-corrected chi connectivity index (χ1v) is 6.15. The summed E-state index contributed by atoms with van der Waals surface area (Å²) < 4.78 is 0. The summed E-state index contributed by atoms with van der Waals surface area (Å²) in [5.41, 5.74) is 1.83. The molecule has 2 rings (SSSR count). The van der Waals surface area contributed by atoms with Crippen molar-refractivity contribution in [3.05, 3.63) is 34.3 Å². The molecule has 88 valence electrons. The van der Waals surface area contributed by atoms with Crippen LogP contribution in [-0.4, -0.2) is 23.8 Å². The fraction of sp³-hybridized carbons (Fsp3) is 0.538. The molecule has 1 saturated heterocycles. The molecule has 0 aliphatic carbocycles. The molecule has 0 unspecified atom stereocenters. The molecule has 0 atom stereocenters. The Kier molecular flexibility index (Phi) is 3.53. The summed E-state index contributed by atoms with van der Waals surface area (Å²) in [6.07, 6.45) is 2.39. The Balaban J connectivity index is 2.13. The van der Waals surface area contributed by atoms with E-state index in [2.05, 4.69) is 5.32 Å². The van der Waals surface area contributed by atoms with E-state index in [1.807, 2.05) is 25.1 Å². The lowest BCUT2D eigenvalue weighted by Crippen LogP contribution is -2.43. The maximum Gasteiger partial charge on any atom is 0.0712 e. The van der Waals surface area contributed by atoms with E-state index in [9.17, 15) is 5.11 Å². The predicted molar refractivity (Wildman–Crippen MR) is 66.9 cm³/mol. The third kappa shape index (κ3) is 2.76. The van der Waals surface area contributed by atoms with Crippen LogP contribution in [0.15, 0.2) is 18.2 Å². The predicted octanol–water partition coefficient (Wildman–Crippen LogP) is 2.31. The Bertz CT molecular complexity index is 372. The zero-order valence-corrected chi connectivity index (χ0v) is 10.3. The molecular formula is C13H18ClNO. The molecular weight excluding hydrogens is 222 g/mol. The van der Waals surface area contributed by atoms with Crippen LogP contribution in [0.4, 0.5) is 0 Å². The highest BCUT2D eigenvalue weighted by Gasteiger charge is 2.29. The van der Waals surface area contributed by atoms with E-state index in [1.54, 1.807) is 0 Å². The van der Waals surface area contributed by atoms with E-state index in [4.69, 9.17) is 11.6 Å². The SMILES string of the molecule is Cc1cc(Cl)ccc1CC1(O)CCNCC1. The van der Waals surface area contributed by atoms with Crippen molar-refractivity contribution >= 4 is 11.6 Å².